The minimum Gasteiger partial charge on any atom is -0.433 e. The summed E-state index contributed by atoms with van der Waals surface area (Å²) < 4.78 is 11.6. The molecule has 2 saturated heterocycles. The molecule has 0 unspecified atom stereocenters. The molecule has 2 aliphatic heterocycles. The highest BCUT2D eigenvalue weighted by atomic mass is 32.2. The number of ether oxygens (including phenoxy) is 1. The zero-order chi connectivity index (χ0) is 25.6. The molecule has 2 aromatic heterocycles. The number of hydrogen-bond acceptors (Lipinski definition) is 9. The van der Waals surface area contributed by atoms with Crippen LogP contribution in [0.2, 0.25) is 0 Å². The van der Waals surface area contributed by atoms with Crippen molar-refractivity contribution in [2.75, 3.05) is 52.0 Å². The highest BCUT2D eigenvalue weighted by Crippen LogP contribution is 2.31. The molecule has 0 amide bonds. The van der Waals surface area contributed by atoms with Crippen LogP contribution in [0, 0.1) is 6.92 Å². The maximum atomic E-state index is 6.13. The van der Waals surface area contributed by atoms with Gasteiger partial charge in [0, 0.05) is 23.5 Å². The van der Waals surface area contributed by atoms with E-state index in [-0.39, 0.29) is 5.82 Å². The molecule has 198 valence electrons. The number of piperidine rings is 2. The van der Waals surface area contributed by atoms with Crippen LogP contribution in [0.25, 0.3) is 11.3 Å². The molecule has 0 spiro atoms. The van der Waals surface area contributed by atoms with Crippen LogP contribution in [-0.4, -0.2) is 75.9 Å². The maximum Gasteiger partial charge on any atom is 0.263 e. The van der Waals surface area contributed by atoms with Crippen LogP contribution in [0.5, 0.6) is 11.6 Å². The number of nitrogens with zero attached hydrogens (tertiary/aromatic N) is 6. The summed E-state index contributed by atoms with van der Waals surface area (Å²) in [5.74, 6) is 1.18. The molecule has 2 aliphatic rings. The van der Waals surface area contributed by atoms with Gasteiger partial charge >= 0.3 is 0 Å². The minimum absolute atomic E-state index is 0.262. The standard InChI is InChI=1S/C27H38N8OS/c1-20-14-21(16-24(15-20)37-31-8-13-34-9-4-3-5-10-34)25-18-29-26(28)27(32-25)36-23-17-30-35(19-23)22-6-11-33(2)12-7-22/h14-19,22,31H,3-13H2,1-2H3,(H2,28,29). The van der Waals surface area contributed by atoms with E-state index in [9.17, 15) is 0 Å². The van der Waals surface area contributed by atoms with Crippen LogP contribution in [0.15, 0.2) is 41.7 Å². The molecule has 0 atom stereocenters. The van der Waals surface area contributed by atoms with E-state index < -0.39 is 0 Å². The summed E-state index contributed by atoms with van der Waals surface area (Å²) in [6, 6.07) is 6.81. The van der Waals surface area contributed by atoms with Crippen molar-refractivity contribution in [1.82, 2.24) is 34.3 Å². The molecule has 0 radical (unpaired) electrons. The maximum absolute atomic E-state index is 6.13. The molecule has 2 fully saturated rings. The van der Waals surface area contributed by atoms with Gasteiger partial charge in [0.15, 0.2) is 11.6 Å². The van der Waals surface area contributed by atoms with E-state index in [4.69, 9.17) is 15.5 Å². The van der Waals surface area contributed by atoms with Gasteiger partial charge < -0.3 is 20.3 Å². The summed E-state index contributed by atoms with van der Waals surface area (Å²) in [5.41, 5.74) is 9.01. The predicted octanol–water partition coefficient (Wildman–Crippen LogP) is 4.37. The normalized spacial score (nSPS) is 17.8. The van der Waals surface area contributed by atoms with Gasteiger partial charge in [-0.25, -0.2) is 9.97 Å². The Morgan fingerprint density at radius 1 is 1.08 bits per heavy atom. The van der Waals surface area contributed by atoms with Crippen LogP contribution < -0.4 is 15.2 Å². The molecule has 37 heavy (non-hydrogen) atoms. The van der Waals surface area contributed by atoms with Crippen LogP contribution in [-0.2, 0) is 0 Å². The third-order valence-electron chi connectivity index (χ3n) is 7.14. The quantitative estimate of drug-likeness (QED) is 0.313. The molecule has 10 heteroatoms. The highest BCUT2D eigenvalue weighted by molar-refractivity contribution is 7.97. The van der Waals surface area contributed by atoms with Crippen molar-refractivity contribution in [2.45, 2.75) is 50.0 Å². The Morgan fingerprint density at radius 3 is 2.70 bits per heavy atom. The Labute approximate surface area is 223 Å². The number of nitrogen functional groups attached to an aromatic ring is 1. The molecule has 0 saturated carbocycles. The van der Waals surface area contributed by atoms with E-state index >= 15 is 0 Å². The van der Waals surface area contributed by atoms with Gasteiger partial charge in [-0.2, -0.15) is 5.10 Å². The number of nitrogens with two attached hydrogens (primary N) is 1. The molecule has 0 bridgehead atoms. The topological polar surface area (TPSA) is 97.4 Å². The van der Waals surface area contributed by atoms with Gasteiger partial charge in [0.2, 0.25) is 0 Å². The van der Waals surface area contributed by atoms with Gasteiger partial charge in [0.1, 0.15) is 0 Å². The zero-order valence-corrected chi connectivity index (χ0v) is 22.7. The lowest BCUT2D eigenvalue weighted by Crippen LogP contribution is -2.34. The van der Waals surface area contributed by atoms with Gasteiger partial charge in [-0.15, -0.1) is 0 Å². The third kappa shape index (κ3) is 7.01. The molecule has 0 aliphatic carbocycles. The van der Waals surface area contributed by atoms with Gasteiger partial charge in [0.25, 0.3) is 5.88 Å². The summed E-state index contributed by atoms with van der Waals surface area (Å²) in [6.07, 6.45) is 11.5. The molecular weight excluding hydrogens is 484 g/mol. The van der Waals surface area contributed by atoms with Crippen molar-refractivity contribution in [1.29, 1.82) is 0 Å². The number of nitrogens with one attached hydrogen (secondary N) is 1. The van der Waals surface area contributed by atoms with Crippen LogP contribution in [0.3, 0.4) is 0 Å². The van der Waals surface area contributed by atoms with E-state index in [1.807, 2.05) is 10.9 Å². The van der Waals surface area contributed by atoms with Gasteiger partial charge in [-0.05, 0) is 102 Å². The molecule has 3 aromatic rings. The first-order valence-corrected chi connectivity index (χ1v) is 14.1. The Kier molecular flexibility index (Phi) is 8.60. The average molecular weight is 523 g/mol. The first-order valence-electron chi connectivity index (χ1n) is 13.3. The zero-order valence-electron chi connectivity index (χ0n) is 21.9. The largest absolute Gasteiger partial charge is 0.433 e. The lowest BCUT2D eigenvalue weighted by molar-refractivity contribution is 0.212. The second-order valence-electron chi connectivity index (χ2n) is 10.2. The monoisotopic (exact) mass is 522 g/mol. The van der Waals surface area contributed by atoms with E-state index in [2.05, 4.69) is 56.8 Å². The second kappa shape index (κ2) is 12.3. The van der Waals surface area contributed by atoms with Gasteiger partial charge in [-0.1, -0.05) is 6.42 Å². The lowest BCUT2D eigenvalue weighted by atomic mass is 10.1. The number of benzene rings is 1. The van der Waals surface area contributed by atoms with Gasteiger partial charge in [0.05, 0.1) is 30.3 Å². The fraction of sp³-hybridized carbons (Fsp3) is 0.519. The number of rotatable bonds is 9. The lowest BCUT2D eigenvalue weighted by Gasteiger charge is -2.28. The molecule has 5 rings (SSSR count). The Bertz CT molecular complexity index is 1170. The molecule has 3 N–H and O–H groups in total. The number of hydrogen-bond donors (Lipinski definition) is 2. The Hall–Kier alpha value is -2.66. The van der Waals surface area contributed by atoms with E-state index in [1.165, 1.54) is 37.9 Å². The first-order chi connectivity index (χ1) is 18.0. The van der Waals surface area contributed by atoms with Crippen molar-refractivity contribution in [3.05, 3.63) is 42.4 Å². The fourth-order valence-corrected chi connectivity index (χ4v) is 5.81. The van der Waals surface area contributed by atoms with Crippen molar-refractivity contribution in [3.8, 4) is 22.9 Å². The minimum atomic E-state index is 0.262. The molecule has 9 nitrogen and oxygen atoms in total. The SMILES string of the molecule is Cc1cc(SNCCN2CCCCC2)cc(-c2cnc(N)c(Oc3cnn(C4CCN(C)CC4)c3)n2)c1. The molecular formula is C27H38N8OS. The highest BCUT2D eigenvalue weighted by Gasteiger charge is 2.20. The molecule has 1 aromatic carbocycles. The second-order valence-corrected chi connectivity index (χ2v) is 11.1. The van der Waals surface area contributed by atoms with E-state index in [0.717, 1.165) is 55.2 Å². The first kappa shape index (κ1) is 26.0. The number of aryl methyl sites for hydroxylation is 1. The van der Waals surface area contributed by atoms with Crippen LogP contribution in [0.1, 0.15) is 43.7 Å². The van der Waals surface area contributed by atoms with E-state index in [1.54, 1.807) is 24.3 Å². The van der Waals surface area contributed by atoms with Crippen molar-refractivity contribution in [3.63, 3.8) is 0 Å². The fourth-order valence-electron chi connectivity index (χ4n) is 5.02. The number of aromatic nitrogens is 4. The summed E-state index contributed by atoms with van der Waals surface area (Å²) in [7, 11) is 2.16. The Morgan fingerprint density at radius 2 is 1.89 bits per heavy atom. The van der Waals surface area contributed by atoms with Crippen molar-refractivity contribution in [2.24, 2.45) is 0 Å². The third-order valence-corrected chi connectivity index (χ3v) is 7.96. The van der Waals surface area contributed by atoms with E-state index in [0.29, 0.717) is 17.7 Å². The Balaban J connectivity index is 1.23. The van der Waals surface area contributed by atoms with Crippen LogP contribution >= 0.6 is 11.9 Å². The predicted molar refractivity (Wildman–Crippen MR) is 149 cm³/mol. The summed E-state index contributed by atoms with van der Waals surface area (Å²) in [5, 5.41) is 4.53. The van der Waals surface area contributed by atoms with Crippen molar-refractivity contribution >= 4 is 17.8 Å². The number of likely N-dealkylation sites (tertiary alicyclic amines) is 2. The smallest absolute Gasteiger partial charge is 0.263 e. The summed E-state index contributed by atoms with van der Waals surface area (Å²) in [6.45, 7) is 8.74. The summed E-state index contributed by atoms with van der Waals surface area (Å²) in [4.78, 5) is 15.1. The average Bonchev–Trinajstić information content (AvgIpc) is 3.37. The van der Waals surface area contributed by atoms with Gasteiger partial charge in [-0.3, -0.25) is 9.40 Å². The number of anilines is 1. The summed E-state index contributed by atoms with van der Waals surface area (Å²) >= 11 is 1.66. The van der Waals surface area contributed by atoms with Crippen molar-refractivity contribution < 1.29 is 4.74 Å². The molecule has 4 heterocycles. The van der Waals surface area contributed by atoms with Crippen LogP contribution in [0.4, 0.5) is 5.82 Å².